The number of hydrogen-bond donors (Lipinski definition) is 1. The van der Waals surface area contributed by atoms with Gasteiger partial charge in [-0.2, -0.15) is 0 Å². The fraction of sp³-hybridized carbons (Fsp3) is 0.929. The summed E-state index contributed by atoms with van der Waals surface area (Å²) in [4.78, 5) is 14.2. The van der Waals surface area contributed by atoms with Crippen molar-refractivity contribution in [1.29, 1.82) is 0 Å². The number of amides is 1. The third-order valence-electron chi connectivity index (χ3n) is 3.99. The molecule has 3 unspecified atom stereocenters. The summed E-state index contributed by atoms with van der Waals surface area (Å²) in [6.07, 6.45) is 5.26. The summed E-state index contributed by atoms with van der Waals surface area (Å²) in [6.45, 7) is 6.60. The van der Waals surface area contributed by atoms with Gasteiger partial charge in [-0.1, -0.05) is 0 Å². The molecule has 4 heteroatoms. The number of fused-ring (bicyclic) bond motifs is 1. The van der Waals surface area contributed by atoms with E-state index in [9.17, 15) is 4.79 Å². The second kappa shape index (κ2) is 5.08. The Kier molecular flexibility index (Phi) is 3.85. The molecule has 2 N–H and O–H groups in total. The molecule has 104 valence electrons. The van der Waals surface area contributed by atoms with Gasteiger partial charge in [-0.25, -0.2) is 4.79 Å². The lowest BCUT2D eigenvalue weighted by Gasteiger charge is -2.45. The zero-order chi connectivity index (χ0) is 13.3. The number of ether oxygens (including phenoxy) is 1. The number of carbonyl (C=O) groups is 1. The quantitative estimate of drug-likeness (QED) is 0.722. The first-order valence-corrected chi connectivity index (χ1v) is 7.12. The van der Waals surface area contributed by atoms with Crippen LogP contribution in [0.5, 0.6) is 0 Å². The molecule has 2 fully saturated rings. The number of rotatable bonds is 0. The molecule has 1 saturated carbocycles. The average Bonchev–Trinajstić information content (AvgIpc) is 2.25. The van der Waals surface area contributed by atoms with E-state index in [2.05, 4.69) is 0 Å². The lowest BCUT2D eigenvalue weighted by Crippen LogP contribution is -2.53. The first-order chi connectivity index (χ1) is 8.37. The minimum Gasteiger partial charge on any atom is -0.444 e. The van der Waals surface area contributed by atoms with Crippen LogP contribution in [0.2, 0.25) is 0 Å². The highest BCUT2D eigenvalue weighted by atomic mass is 16.6. The number of piperidine rings is 1. The molecule has 1 aliphatic carbocycles. The lowest BCUT2D eigenvalue weighted by atomic mass is 9.76. The van der Waals surface area contributed by atoms with E-state index in [4.69, 9.17) is 10.5 Å². The first-order valence-electron chi connectivity index (χ1n) is 7.12. The minimum absolute atomic E-state index is 0.146. The van der Waals surface area contributed by atoms with Gasteiger partial charge < -0.3 is 15.4 Å². The normalized spacial score (nSPS) is 32.9. The van der Waals surface area contributed by atoms with Crippen LogP contribution < -0.4 is 5.73 Å². The second-order valence-electron chi connectivity index (χ2n) is 6.72. The van der Waals surface area contributed by atoms with E-state index in [1.165, 1.54) is 6.42 Å². The van der Waals surface area contributed by atoms with Crippen molar-refractivity contribution in [3.05, 3.63) is 0 Å². The Hall–Kier alpha value is -0.770. The predicted molar refractivity (Wildman–Crippen MR) is 71.3 cm³/mol. The second-order valence-corrected chi connectivity index (χ2v) is 6.72. The number of hydrogen-bond acceptors (Lipinski definition) is 3. The largest absolute Gasteiger partial charge is 0.444 e. The molecule has 1 heterocycles. The number of carbonyl (C=O) groups excluding carboxylic acids is 1. The fourth-order valence-electron chi connectivity index (χ4n) is 3.24. The van der Waals surface area contributed by atoms with Crippen LogP contribution in [0.1, 0.15) is 52.9 Å². The highest BCUT2D eigenvalue weighted by Crippen LogP contribution is 2.35. The summed E-state index contributed by atoms with van der Waals surface area (Å²) in [5, 5.41) is 0. The van der Waals surface area contributed by atoms with Gasteiger partial charge in [0.1, 0.15) is 5.60 Å². The van der Waals surface area contributed by atoms with Gasteiger partial charge >= 0.3 is 6.09 Å². The van der Waals surface area contributed by atoms with Gasteiger partial charge in [-0.15, -0.1) is 0 Å². The van der Waals surface area contributed by atoms with Crippen LogP contribution in [0.3, 0.4) is 0 Å². The molecule has 1 aliphatic heterocycles. The van der Waals surface area contributed by atoms with Crippen LogP contribution in [0.25, 0.3) is 0 Å². The van der Waals surface area contributed by atoms with Crippen molar-refractivity contribution < 1.29 is 9.53 Å². The van der Waals surface area contributed by atoms with E-state index in [0.717, 1.165) is 32.2 Å². The highest BCUT2D eigenvalue weighted by Gasteiger charge is 2.39. The van der Waals surface area contributed by atoms with Crippen LogP contribution in [0.15, 0.2) is 0 Å². The van der Waals surface area contributed by atoms with E-state index in [1.54, 1.807) is 0 Å². The SMILES string of the molecule is CC(C)(C)OC(=O)N1CCCC2CC(N)CCC21. The van der Waals surface area contributed by atoms with Crippen molar-refractivity contribution in [1.82, 2.24) is 4.90 Å². The first kappa shape index (κ1) is 13.7. The Morgan fingerprint density at radius 2 is 2.00 bits per heavy atom. The number of nitrogens with zero attached hydrogens (tertiary/aromatic N) is 1. The third-order valence-corrected chi connectivity index (χ3v) is 3.99. The van der Waals surface area contributed by atoms with E-state index in [-0.39, 0.29) is 6.09 Å². The maximum atomic E-state index is 12.2. The smallest absolute Gasteiger partial charge is 0.410 e. The lowest BCUT2D eigenvalue weighted by molar-refractivity contribution is -0.00881. The molecule has 0 bridgehead atoms. The molecule has 4 nitrogen and oxygen atoms in total. The zero-order valence-electron chi connectivity index (χ0n) is 11.8. The predicted octanol–water partition coefficient (Wildman–Crippen LogP) is 2.51. The Morgan fingerprint density at radius 1 is 1.28 bits per heavy atom. The molecule has 3 atom stereocenters. The molecule has 1 amide bonds. The Labute approximate surface area is 110 Å². The Morgan fingerprint density at radius 3 is 2.67 bits per heavy atom. The van der Waals surface area contributed by atoms with Gasteiger partial charge in [0.2, 0.25) is 0 Å². The van der Waals surface area contributed by atoms with Crippen molar-refractivity contribution in [2.75, 3.05) is 6.54 Å². The summed E-state index contributed by atoms with van der Waals surface area (Å²) in [5.74, 6) is 0.579. The van der Waals surface area contributed by atoms with Gasteiger partial charge in [-0.3, -0.25) is 0 Å². The van der Waals surface area contributed by atoms with Crippen molar-refractivity contribution in [3.63, 3.8) is 0 Å². The molecular formula is C14H26N2O2. The van der Waals surface area contributed by atoms with Gasteiger partial charge in [-0.05, 0) is 58.8 Å². The van der Waals surface area contributed by atoms with Crippen molar-refractivity contribution in [3.8, 4) is 0 Å². The molecule has 18 heavy (non-hydrogen) atoms. The monoisotopic (exact) mass is 254 g/mol. The van der Waals surface area contributed by atoms with Crippen LogP contribution in [0.4, 0.5) is 4.79 Å². The fourth-order valence-corrected chi connectivity index (χ4v) is 3.24. The summed E-state index contributed by atoms with van der Waals surface area (Å²) >= 11 is 0. The third kappa shape index (κ3) is 3.16. The van der Waals surface area contributed by atoms with Crippen molar-refractivity contribution in [2.45, 2.75) is 70.6 Å². The molecule has 1 saturated heterocycles. The van der Waals surface area contributed by atoms with Gasteiger partial charge in [0, 0.05) is 18.6 Å². The Bertz CT molecular complexity index is 311. The van der Waals surface area contributed by atoms with E-state index in [0.29, 0.717) is 18.0 Å². The highest BCUT2D eigenvalue weighted by molar-refractivity contribution is 5.68. The average molecular weight is 254 g/mol. The van der Waals surface area contributed by atoms with E-state index in [1.807, 2.05) is 25.7 Å². The molecule has 0 spiro atoms. The molecule has 0 aromatic heterocycles. The van der Waals surface area contributed by atoms with Crippen LogP contribution in [0, 0.1) is 5.92 Å². The molecular weight excluding hydrogens is 228 g/mol. The summed E-state index contributed by atoms with van der Waals surface area (Å²) < 4.78 is 5.51. The molecule has 2 rings (SSSR count). The number of nitrogens with two attached hydrogens (primary N) is 1. The topological polar surface area (TPSA) is 55.6 Å². The van der Waals surface area contributed by atoms with E-state index < -0.39 is 5.60 Å². The van der Waals surface area contributed by atoms with E-state index >= 15 is 0 Å². The molecule has 2 aliphatic rings. The van der Waals surface area contributed by atoms with Crippen LogP contribution in [-0.2, 0) is 4.74 Å². The molecule has 0 aromatic rings. The summed E-state index contributed by atoms with van der Waals surface area (Å²) in [7, 11) is 0. The minimum atomic E-state index is -0.408. The maximum Gasteiger partial charge on any atom is 0.410 e. The van der Waals surface area contributed by atoms with Gasteiger partial charge in [0.15, 0.2) is 0 Å². The Balaban J connectivity index is 2.01. The van der Waals surface area contributed by atoms with Crippen molar-refractivity contribution >= 4 is 6.09 Å². The maximum absolute atomic E-state index is 12.2. The summed E-state index contributed by atoms with van der Waals surface area (Å²) in [5.41, 5.74) is 5.62. The summed E-state index contributed by atoms with van der Waals surface area (Å²) in [6, 6.07) is 0.679. The van der Waals surface area contributed by atoms with Crippen LogP contribution in [-0.4, -0.2) is 35.2 Å². The van der Waals surface area contributed by atoms with Gasteiger partial charge in [0.25, 0.3) is 0 Å². The van der Waals surface area contributed by atoms with Crippen LogP contribution >= 0.6 is 0 Å². The number of likely N-dealkylation sites (tertiary alicyclic amines) is 1. The standard InChI is InChI=1S/C14H26N2O2/c1-14(2,3)18-13(17)16-8-4-5-10-9-11(15)6-7-12(10)16/h10-12H,4-9,15H2,1-3H3. The van der Waals surface area contributed by atoms with Gasteiger partial charge in [0.05, 0.1) is 0 Å². The molecule has 0 aromatic carbocycles. The zero-order valence-corrected chi connectivity index (χ0v) is 11.8. The molecule has 0 radical (unpaired) electrons. The van der Waals surface area contributed by atoms with Crippen molar-refractivity contribution in [2.24, 2.45) is 11.7 Å².